The molecule has 1 rings (SSSR count). The normalized spacial score (nSPS) is 7.25. The van der Waals surface area contributed by atoms with Gasteiger partial charge in [0.1, 0.15) is 6.26 Å². The number of aromatic nitrogens is 1. The van der Waals surface area contributed by atoms with Crippen molar-refractivity contribution >= 4 is 21.0 Å². The zero-order chi connectivity index (χ0) is 6.24. The maximum Gasteiger partial charge on any atom is 0.229 e. The summed E-state index contributed by atoms with van der Waals surface area (Å²) in [4.78, 5) is 3.56. The maximum absolute atomic E-state index is 4.47. The van der Waals surface area contributed by atoms with E-state index in [2.05, 4.69) is 34.5 Å². The van der Waals surface area contributed by atoms with E-state index in [1.807, 2.05) is 0 Å². The fourth-order valence-electron chi connectivity index (χ4n) is 0.176. The number of rotatable bonds is 0. The van der Waals surface area contributed by atoms with Gasteiger partial charge in [-0.3, -0.25) is 0 Å². The molecular weight excluding hydrogens is 138 g/mol. The number of nitrogens with zero attached hydrogens (tertiary/aromatic N) is 1. The molecule has 0 aliphatic carbocycles. The molecule has 1 heterocycles. The van der Waals surface area contributed by atoms with Gasteiger partial charge in [0.05, 0.1) is 6.20 Å². The molecule has 1 aromatic heterocycles. The van der Waals surface area contributed by atoms with Crippen LogP contribution in [-0.2, 0) is 4.12 Å². The van der Waals surface area contributed by atoms with E-state index in [4.69, 9.17) is 0 Å². The molecule has 3 nitrogen and oxygen atoms in total. The largest absolute Gasteiger partial charge is 0.458 e. The van der Waals surface area contributed by atoms with Crippen LogP contribution >= 0.6 is 0 Å². The van der Waals surface area contributed by atoms with Crippen LogP contribution in [0.25, 0.3) is 0 Å². The first-order valence-corrected chi connectivity index (χ1v) is 2.55. The van der Waals surface area contributed by atoms with E-state index in [-0.39, 0.29) is 0 Å². The predicted octanol–water partition coefficient (Wildman–Crippen LogP) is -0.155. The number of hydrogen-bond donors (Lipinski definition) is 0. The Labute approximate surface area is 54.2 Å². The zero-order valence-corrected chi connectivity index (χ0v) is 6.00. The van der Waals surface area contributed by atoms with Crippen LogP contribution in [0.1, 0.15) is 0 Å². The second-order valence-corrected chi connectivity index (χ2v) is 1.59. The van der Waals surface area contributed by atoms with Gasteiger partial charge in [0, 0.05) is 0 Å². The summed E-state index contributed by atoms with van der Waals surface area (Å²) in [7, 11) is 5.19. The summed E-state index contributed by atoms with van der Waals surface area (Å²) >= 11 is 0. The molecule has 0 saturated carbocycles. The van der Waals surface area contributed by atoms with Crippen molar-refractivity contribution in [2.45, 2.75) is 0 Å². The van der Waals surface area contributed by atoms with Crippen LogP contribution in [0.5, 0.6) is 0 Å². The summed E-state index contributed by atoms with van der Waals surface area (Å²) in [5.74, 6) is 0. The standard InChI is InChI=1S/C3H3NO.OSi2/c1-2-5-3-4-1;2-1-3/h1-3H;. The van der Waals surface area contributed by atoms with E-state index < -0.39 is 0 Å². The highest BCUT2D eigenvalue weighted by molar-refractivity contribution is 6.15. The van der Waals surface area contributed by atoms with Gasteiger partial charge in [-0.25, -0.2) is 4.98 Å². The second-order valence-electron chi connectivity index (χ2n) is 0.778. The quantitative estimate of drug-likeness (QED) is 0.471. The second kappa shape index (κ2) is 6.60. The average Bonchev–Trinajstić information content (AvgIpc) is 2.17. The Hall–Kier alpha value is -0.396. The van der Waals surface area contributed by atoms with Crippen molar-refractivity contribution in [1.29, 1.82) is 0 Å². The Morgan fingerprint density at radius 2 is 2.12 bits per heavy atom. The van der Waals surface area contributed by atoms with Crippen LogP contribution in [0.4, 0.5) is 0 Å². The van der Waals surface area contributed by atoms with Crippen LogP contribution in [0.2, 0.25) is 0 Å². The molecule has 0 bridgehead atoms. The van der Waals surface area contributed by atoms with Crippen LogP contribution < -0.4 is 0 Å². The lowest BCUT2D eigenvalue weighted by atomic mass is 11.0. The van der Waals surface area contributed by atoms with Gasteiger partial charge in [-0.1, -0.05) is 0 Å². The van der Waals surface area contributed by atoms with E-state index in [0.29, 0.717) is 0 Å². The minimum absolute atomic E-state index is 1.38. The van der Waals surface area contributed by atoms with Gasteiger partial charge in [0.25, 0.3) is 0 Å². The van der Waals surface area contributed by atoms with Crippen molar-refractivity contribution in [3.8, 4) is 0 Å². The smallest absolute Gasteiger partial charge is 0.229 e. The van der Waals surface area contributed by atoms with Crippen molar-refractivity contribution in [1.82, 2.24) is 4.98 Å². The summed E-state index contributed by atoms with van der Waals surface area (Å²) in [6, 6.07) is 0. The third-order valence-corrected chi connectivity index (χ3v) is 0.347. The first-order valence-electron chi connectivity index (χ1n) is 1.73. The summed E-state index contributed by atoms with van der Waals surface area (Å²) in [6.07, 6.45) is 4.47. The maximum atomic E-state index is 4.47. The van der Waals surface area contributed by atoms with Crippen LogP contribution in [0.3, 0.4) is 0 Å². The minimum atomic E-state index is 1.38. The van der Waals surface area contributed by atoms with Crippen molar-refractivity contribution < 1.29 is 8.53 Å². The first-order chi connectivity index (χ1) is 3.91. The zero-order valence-electron chi connectivity index (χ0n) is 4.00. The Morgan fingerprint density at radius 3 is 2.25 bits per heavy atom. The lowest BCUT2D eigenvalue weighted by Crippen LogP contribution is -1.65. The van der Waals surface area contributed by atoms with Gasteiger partial charge in [0.2, 0.25) is 21.0 Å². The molecule has 1 aromatic rings. The SMILES string of the molecule is [Si]O[Si].c1cocn1. The monoisotopic (exact) mass is 141 g/mol. The lowest BCUT2D eigenvalue weighted by Gasteiger charge is -1.57. The number of oxazole rings is 1. The third-order valence-electron chi connectivity index (χ3n) is 0.347. The third kappa shape index (κ3) is 5.60. The lowest BCUT2D eigenvalue weighted by molar-refractivity contribution is 0.558. The summed E-state index contributed by atoms with van der Waals surface area (Å²) < 4.78 is 8.33. The van der Waals surface area contributed by atoms with E-state index in [0.717, 1.165) is 0 Å². The Kier molecular flexibility index (Phi) is 6.28. The van der Waals surface area contributed by atoms with Crippen molar-refractivity contribution in [3.05, 3.63) is 18.9 Å². The van der Waals surface area contributed by atoms with E-state index in [1.54, 1.807) is 6.20 Å². The van der Waals surface area contributed by atoms with Crippen molar-refractivity contribution in [3.63, 3.8) is 0 Å². The molecule has 0 aromatic carbocycles. The number of hydrogen-bond acceptors (Lipinski definition) is 3. The van der Waals surface area contributed by atoms with Gasteiger partial charge in [-0.05, 0) is 0 Å². The molecule has 40 valence electrons. The van der Waals surface area contributed by atoms with Gasteiger partial charge < -0.3 is 8.53 Å². The van der Waals surface area contributed by atoms with Gasteiger partial charge >= 0.3 is 0 Å². The predicted molar refractivity (Wildman–Crippen MR) is 29.1 cm³/mol. The molecule has 5 heteroatoms. The van der Waals surface area contributed by atoms with E-state index in [1.165, 1.54) is 12.7 Å². The van der Waals surface area contributed by atoms with Crippen molar-refractivity contribution in [2.24, 2.45) is 0 Å². The van der Waals surface area contributed by atoms with Crippen molar-refractivity contribution in [2.75, 3.05) is 0 Å². The van der Waals surface area contributed by atoms with Gasteiger partial charge in [0.15, 0.2) is 6.39 Å². The fourth-order valence-corrected chi connectivity index (χ4v) is 0.176. The molecule has 0 N–H and O–H groups in total. The molecule has 0 amide bonds. The molecular formula is C3H3NO2Si2. The average molecular weight is 141 g/mol. The Balaban J connectivity index is 0.000000145. The highest BCUT2D eigenvalue weighted by atomic mass is 28.3. The van der Waals surface area contributed by atoms with Gasteiger partial charge in [-0.15, -0.1) is 0 Å². The summed E-state index contributed by atoms with van der Waals surface area (Å²) in [6.45, 7) is 0. The molecule has 0 aliphatic heterocycles. The highest BCUT2D eigenvalue weighted by Crippen LogP contribution is 1.72. The molecule has 8 heavy (non-hydrogen) atoms. The van der Waals surface area contributed by atoms with Gasteiger partial charge in [-0.2, -0.15) is 0 Å². The molecule has 6 radical (unpaired) electrons. The summed E-state index contributed by atoms with van der Waals surface area (Å²) in [5.41, 5.74) is 0. The minimum Gasteiger partial charge on any atom is -0.458 e. The molecule has 0 aliphatic rings. The van der Waals surface area contributed by atoms with E-state index >= 15 is 0 Å². The molecule has 0 saturated heterocycles. The fraction of sp³-hybridized carbons (Fsp3) is 0. The van der Waals surface area contributed by atoms with E-state index in [9.17, 15) is 0 Å². The summed E-state index contributed by atoms with van der Waals surface area (Å²) in [5, 5.41) is 0. The molecule has 0 atom stereocenters. The molecule has 0 fully saturated rings. The topological polar surface area (TPSA) is 35.3 Å². The molecule has 0 unspecified atom stereocenters. The van der Waals surface area contributed by atoms with Crippen LogP contribution in [0, 0.1) is 0 Å². The first kappa shape index (κ1) is 7.60. The van der Waals surface area contributed by atoms with Crippen LogP contribution in [0.15, 0.2) is 23.3 Å². The highest BCUT2D eigenvalue weighted by Gasteiger charge is 1.59. The molecule has 0 spiro atoms. The Morgan fingerprint density at radius 1 is 1.50 bits per heavy atom. The Bertz CT molecular complexity index is 82.2. The van der Waals surface area contributed by atoms with Crippen LogP contribution in [-0.4, -0.2) is 26.0 Å².